The van der Waals surface area contributed by atoms with Gasteiger partial charge in [0.15, 0.2) is 0 Å². The molecule has 2 aromatic heterocycles. The van der Waals surface area contributed by atoms with Crippen molar-refractivity contribution in [3.8, 4) is 0 Å². The largest absolute Gasteiger partial charge is 0.309 e. The Morgan fingerprint density at radius 1 is 1.25 bits per heavy atom. The van der Waals surface area contributed by atoms with Gasteiger partial charge in [0, 0.05) is 15.8 Å². The molecule has 0 aliphatic carbocycles. The molecule has 110 valence electrons. The van der Waals surface area contributed by atoms with E-state index in [4.69, 9.17) is 11.6 Å². The third-order valence-corrected chi connectivity index (χ3v) is 5.40. The van der Waals surface area contributed by atoms with Crippen LogP contribution >= 0.6 is 34.3 Å². The smallest absolute Gasteiger partial charge is 0.0931 e. The van der Waals surface area contributed by atoms with Crippen molar-refractivity contribution in [1.29, 1.82) is 0 Å². The van der Waals surface area contributed by atoms with Crippen molar-refractivity contribution in [2.45, 2.75) is 25.4 Å². The lowest BCUT2D eigenvalue weighted by Crippen LogP contribution is -2.33. The highest BCUT2D eigenvalue weighted by Gasteiger charge is 2.19. The van der Waals surface area contributed by atoms with Crippen molar-refractivity contribution in [1.82, 2.24) is 10.2 Å². The highest BCUT2D eigenvalue weighted by atomic mass is 35.5. The fourth-order valence-electron chi connectivity index (χ4n) is 2.06. The number of nitrogens with zero attached hydrogens (tertiary/aromatic N) is 1. The molecule has 2 atom stereocenters. The topological polar surface area (TPSA) is 15.3 Å². The fourth-order valence-corrected chi connectivity index (χ4v) is 4.08. The molecule has 2 heterocycles. The third kappa shape index (κ3) is 4.57. The Labute approximate surface area is 134 Å². The maximum absolute atomic E-state index is 6.09. The van der Waals surface area contributed by atoms with Gasteiger partial charge in [-0.25, -0.2) is 0 Å². The molecule has 0 saturated heterocycles. The van der Waals surface area contributed by atoms with Gasteiger partial charge >= 0.3 is 0 Å². The van der Waals surface area contributed by atoms with Gasteiger partial charge in [0.2, 0.25) is 0 Å². The van der Waals surface area contributed by atoms with E-state index in [0.29, 0.717) is 6.04 Å². The minimum Gasteiger partial charge on any atom is -0.309 e. The summed E-state index contributed by atoms with van der Waals surface area (Å²) in [6, 6.07) is 9.12. The Morgan fingerprint density at radius 3 is 2.60 bits per heavy atom. The zero-order valence-electron chi connectivity index (χ0n) is 12.1. The molecule has 0 aliphatic heterocycles. The van der Waals surface area contributed by atoms with Crippen molar-refractivity contribution < 1.29 is 0 Å². The third-order valence-electron chi connectivity index (χ3n) is 3.17. The molecule has 0 aliphatic rings. The molecule has 0 amide bonds. The van der Waals surface area contributed by atoms with Crippen molar-refractivity contribution in [3.63, 3.8) is 0 Å². The predicted molar refractivity (Wildman–Crippen MR) is 91.3 cm³/mol. The van der Waals surface area contributed by atoms with E-state index < -0.39 is 0 Å². The molecule has 0 saturated carbocycles. The van der Waals surface area contributed by atoms with Crippen molar-refractivity contribution >= 4 is 34.3 Å². The molecule has 2 rings (SSSR count). The second-order valence-electron chi connectivity index (χ2n) is 5.25. The molecule has 0 aromatic carbocycles. The summed E-state index contributed by atoms with van der Waals surface area (Å²) in [5, 5.41) is 5.87. The predicted octanol–water partition coefficient (Wildman–Crippen LogP) is 4.48. The lowest BCUT2D eigenvalue weighted by Gasteiger charge is -2.23. The Hall–Kier alpha value is -0.390. The molecule has 0 radical (unpaired) electrons. The van der Waals surface area contributed by atoms with E-state index in [0.717, 1.165) is 17.3 Å². The zero-order chi connectivity index (χ0) is 14.5. The molecular weight excluding hydrogens is 308 g/mol. The number of nitrogens with one attached hydrogen (secondary N) is 1. The quantitative estimate of drug-likeness (QED) is 0.806. The van der Waals surface area contributed by atoms with Crippen molar-refractivity contribution in [3.05, 3.63) is 43.7 Å². The maximum atomic E-state index is 6.09. The van der Waals surface area contributed by atoms with Crippen molar-refractivity contribution in [2.24, 2.45) is 0 Å². The summed E-state index contributed by atoms with van der Waals surface area (Å²) in [4.78, 5) is 4.86. The van der Waals surface area contributed by atoms with Gasteiger partial charge in [0.25, 0.3) is 0 Å². The molecule has 0 spiro atoms. The van der Waals surface area contributed by atoms with Crippen LogP contribution in [0.4, 0.5) is 0 Å². The molecular formula is C15H21ClN2S2. The van der Waals surface area contributed by atoms with Crippen LogP contribution in [0.2, 0.25) is 4.34 Å². The van der Waals surface area contributed by atoms with Gasteiger partial charge in [-0.05, 0) is 57.6 Å². The first kappa shape index (κ1) is 16.0. The van der Waals surface area contributed by atoms with E-state index in [-0.39, 0.29) is 6.04 Å². The van der Waals surface area contributed by atoms with Crippen molar-refractivity contribution in [2.75, 3.05) is 20.6 Å². The average Bonchev–Trinajstić information content (AvgIpc) is 3.04. The van der Waals surface area contributed by atoms with Gasteiger partial charge in [0.1, 0.15) is 0 Å². The van der Waals surface area contributed by atoms with E-state index >= 15 is 0 Å². The van der Waals surface area contributed by atoms with Gasteiger partial charge in [0.05, 0.1) is 10.4 Å². The molecule has 2 unspecified atom stereocenters. The van der Waals surface area contributed by atoms with Gasteiger partial charge in [-0.3, -0.25) is 0 Å². The van der Waals surface area contributed by atoms with E-state index in [1.54, 1.807) is 22.7 Å². The second-order valence-corrected chi connectivity index (χ2v) is 7.98. The summed E-state index contributed by atoms with van der Waals surface area (Å²) < 4.78 is 0.851. The van der Waals surface area contributed by atoms with Gasteiger partial charge < -0.3 is 10.2 Å². The molecule has 2 aromatic rings. The van der Waals surface area contributed by atoms with E-state index in [9.17, 15) is 0 Å². The lowest BCUT2D eigenvalue weighted by molar-refractivity contribution is 0.359. The van der Waals surface area contributed by atoms with Crippen LogP contribution in [0.1, 0.15) is 29.1 Å². The molecule has 0 bridgehead atoms. The Morgan fingerprint density at radius 2 is 2.05 bits per heavy atom. The number of rotatable bonds is 7. The van der Waals surface area contributed by atoms with Crippen LogP contribution in [-0.2, 0) is 0 Å². The van der Waals surface area contributed by atoms with Crippen LogP contribution < -0.4 is 5.32 Å². The number of hydrogen-bond donors (Lipinski definition) is 1. The number of hydrogen-bond acceptors (Lipinski definition) is 4. The highest BCUT2D eigenvalue weighted by molar-refractivity contribution is 7.16. The van der Waals surface area contributed by atoms with E-state index in [1.807, 2.05) is 6.07 Å². The second kappa shape index (κ2) is 7.57. The molecule has 5 heteroatoms. The summed E-state index contributed by atoms with van der Waals surface area (Å²) in [6.07, 6.45) is 1.13. The van der Waals surface area contributed by atoms with Gasteiger partial charge in [-0.2, -0.15) is 0 Å². The van der Waals surface area contributed by atoms with Crippen LogP contribution in [0.3, 0.4) is 0 Å². The maximum Gasteiger partial charge on any atom is 0.0931 e. The Kier molecular flexibility index (Phi) is 6.05. The number of thiophene rings is 2. The lowest BCUT2D eigenvalue weighted by atomic mass is 10.1. The Bertz CT molecular complexity index is 508. The highest BCUT2D eigenvalue weighted by Crippen LogP contribution is 2.33. The molecule has 20 heavy (non-hydrogen) atoms. The minimum atomic E-state index is 0.254. The molecule has 1 N–H and O–H groups in total. The SMILES string of the molecule is CC(CCN(C)C)NC(c1cccs1)c1ccc(Cl)s1. The first-order valence-electron chi connectivity index (χ1n) is 6.75. The number of halogens is 1. The summed E-state index contributed by atoms with van der Waals surface area (Å²) in [7, 11) is 4.23. The van der Waals surface area contributed by atoms with Crippen LogP contribution in [0, 0.1) is 0 Å². The average molecular weight is 329 g/mol. The monoisotopic (exact) mass is 328 g/mol. The standard InChI is InChI=1S/C15H21ClN2S2/c1-11(8-9-18(2)3)17-15(12-5-4-10-19-12)13-6-7-14(16)20-13/h4-7,10-11,15,17H,8-9H2,1-3H3. The van der Waals surface area contributed by atoms with Gasteiger partial charge in [-0.15, -0.1) is 22.7 Å². The first-order chi connectivity index (χ1) is 9.56. The Balaban J connectivity index is 2.08. The summed E-state index contributed by atoms with van der Waals surface area (Å²) >= 11 is 9.54. The summed E-state index contributed by atoms with van der Waals surface area (Å²) in [6.45, 7) is 3.34. The first-order valence-corrected chi connectivity index (χ1v) is 8.83. The van der Waals surface area contributed by atoms with Gasteiger partial charge in [-0.1, -0.05) is 17.7 Å². The van der Waals surface area contributed by atoms with E-state index in [2.05, 4.69) is 54.8 Å². The molecule has 0 fully saturated rings. The normalized spacial score (nSPS) is 14.7. The molecule has 2 nitrogen and oxygen atoms in total. The van der Waals surface area contributed by atoms with Crippen LogP contribution in [0.15, 0.2) is 29.6 Å². The summed E-state index contributed by atoms with van der Waals surface area (Å²) in [5.41, 5.74) is 0. The van der Waals surface area contributed by atoms with Crippen LogP contribution in [0.25, 0.3) is 0 Å². The minimum absolute atomic E-state index is 0.254. The summed E-state index contributed by atoms with van der Waals surface area (Å²) in [5.74, 6) is 0. The zero-order valence-corrected chi connectivity index (χ0v) is 14.5. The van der Waals surface area contributed by atoms with Crippen LogP contribution in [-0.4, -0.2) is 31.6 Å². The fraction of sp³-hybridized carbons (Fsp3) is 0.467. The van der Waals surface area contributed by atoms with E-state index in [1.165, 1.54) is 9.75 Å². The van der Waals surface area contributed by atoms with Crippen LogP contribution in [0.5, 0.6) is 0 Å².